The lowest BCUT2D eigenvalue weighted by Gasteiger charge is -2.20. The first-order valence-corrected chi connectivity index (χ1v) is 6.33. The van der Waals surface area contributed by atoms with Crippen molar-refractivity contribution < 1.29 is 13.9 Å². The van der Waals surface area contributed by atoms with Gasteiger partial charge in [0.15, 0.2) is 11.6 Å². The molecule has 1 amide bonds. The van der Waals surface area contributed by atoms with Gasteiger partial charge in [0.1, 0.15) is 0 Å². The van der Waals surface area contributed by atoms with Crippen LogP contribution in [0, 0.1) is 5.82 Å². The van der Waals surface area contributed by atoms with Crippen LogP contribution in [0.1, 0.15) is 18.4 Å². The second-order valence-electron chi connectivity index (χ2n) is 5.10. The lowest BCUT2D eigenvalue weighted by molar-refractivity contribution is -0.132. The second-order valence-corrected chi connectivity index (χ2v) is 5.10. The Morgan fingerprint density at radius 2 is 2.21 bits per heavy atom. The molecule has 1 aliphatic rings. The third-order valence-corrected chi connectivity index (χ3v) is 3.51. The molecule has 1 aromatic rings. The average molecular weight is 266 g/mol. The first-order chi connectivity index (χ1) is 8.96. The number of rotatable bonds is 5. The lowest BCUT2D eigenvalue weighted by Crippen LogP contribution is -2.44. The Balaban J connectivity index is 1.91. The van der Waals surface area contributed by atoms with Crippen LogP contribution in [0.3, 0.4) is 0 Å². The number of amides is 1. The van der Waals surface area contributed by atoms with Gasteiger partial charge in [-0.1, -0.05) is 6.07 Å². The van der Waals surface area contributed by atoms with Gasteiger partial charge in [-0.15, -0.1) is 0 Å². The number of hydrogen-bond acceptors (Lipinski definition) is 3. The minimum atomic E-state index is -0.639. The molecule has 0 saturated heterocycles. The summed E-state index contributed by atoms with van der Waals surface area (Å²) in [6.07, 6.45) is 2.11. The molecule has 0 atom stereocenters. The van der Waals surface area contributed by atoms with E-state index in [9.17, 15) is 9.18 Å². The molecule has 0 aromatic heterocycles. The van der Waals surface area contributed by atoms with Crippen LogP contribution in [0.25, 0.3) is 0 Å². The van der Waals surface area contributed by atoms with Crippen molar-refractivity contribution in [1.82, 2.24) is 4.90 Å². The van der Waals surface area contributed by atoms with E-state index in [1.54, 1.807) is 24.1 Å². The number of carbonyl (C=O) groups is 1. The monoisotopic (exact) mass is 266 g/mol. The number of carbonyl (C=O) groups excluding carboxylic acids is 1. The third kappa shape index (κ3) is 3.04. The highest BCUT2D eigenvalue weighted by Crippen LogP contribution is 2.33. The molecule has 0 unspecified atom stereocenters. The predicted octanol–water partition coefficient (Wildman–Crippen LogP) is 1.33. The number of nitrogens with two attached hydrogens (primary N) is 1. The summed E-state index contributed by atoms with van der Waals surface area (Å²) in [4.78, 5) is 13.5. The summed E-state index contributed by atoms with van der Waals surface area (Å²) >= 11 is 0. The van der Waals surface area contributed by atoms with Crippen LogP contribution in [0.5, 0.6) is 5.75 Å². The molecule has 0 bridgehead atoms. The molecule has 0 spiro atoms. The van der Waals surface area contributed by atoms with Gasteiger partial charge >= 0.3 is 0 Å². The summed E-state index contributed by atoms with van der Waals surface area (Å²) in [7, 11) is 3.16. The topological polar surface area (TPSA) is 55.6 Å². The molecule has 1 fully saturated rings. The Hall–Kier alpha value is -1.62. The van der Waals surface area contributed by atoms with Crippen molar-refractivity contribution in [3.8, 4) is 5.75 Å². The van der Waals surface area contributed by atoms with Crippen LogP contribution in [0.15, 0.2) is 18.2 Å². The van der Waals surface area contributed by atoms with E-state index in [1.165, 1.54) is 13.2 Å². The van der Waals surface area contributed by atoms with Crippen LogP contribution in [-0.2, 0) is 11.2 Å². The normalized spacial score (nSPS) is 16.0. The van der Waals surface area contributed by atoms with Gasteiger partial charge in [0, 0.05) is 13.6 Å². The predicted molar refractivity (Wildman–Crippen MR) is 70.4 cm³/mol. The number of likely N-dealkylation sites (N-methyl/N-ethyl adjacent to an activating group) is 1. The van der Waals surface area contributed by atoms with Gasteiger partial charge in [0.25, 0.3) is 0 Å². The molecular formula is C14H19FN2O2. The maximum Gasteiger partial charge on any atom is 0.242 e. The van der Waals surface area contributed by atoms with Crippen molar-refractivity contribution in [2.75, 3.05) is 20.7 Å². The van der Waals surface area contributed by atoms with Crippen LogP contribution in [0.2, 0.25) is 0 Å². The average Bonchev–Trinajstić information content (AvgIpc) is 3.14. The summed E-state index contributed by atoms with van der Waals surface area (Å²) in [5, 5.41) is 0. The summed E-state index contributed by atoms with van der Waals surface area (Å²) < 4.78 is 18.4. The van der Waals surface area contributed by atoms with Crippen molar-refractivity contribution in [2.45, 2.75) is 24.8 Å². The Morgan fingerprint density at radius 3 is 2.74 bits per heavy atom. The maximum absolute atomic E-state index is 13.5. The molecule has 0 aliphatic heterocycles. The van der Waals surface area contributed by atoms with Gasteiger partial charge in [-0.05, 0) is 37.0 Å². The van der Waals surface area contributed by atoms with Crippen LogP contribution in [-0.4, -0.2) is 37.0 Å². The van der Waals surface area contributed by atoms with Crippen molar-refractivity contribution in [3.05, 3.63) is 29.6 Å². The zero-order valence-corrected chi connectivity index (χ0v) is 11.3. The van der Waals surface area contributed by atoms with Gasteiger partial charge in [-0.3, -0.25) is 4.79 Å². The summed E-state index contributed by atoms with van der Waals surface area (Å²) in [6, 6.07) is 4.83. The van der Waals surface area contributed by atoms with Gasteiger partial charge < -0.3 is 15.4 Å². The fourth-order valence-electron chi connectivity index (χ4n) is 1.99. The molecule has 2 N–H and O–H groups in total. The van der Waals surface area contributed by atoms with Gasteiger partial charge in [-0.2, -0.15) is 0 Å². The minimum absolute atomic E-state index is 0.0264. The Kier molecular flexibility index (Phi) is 3.75. The number of nitrogens with zero attached hydrogens (tertiary/aromatic N) is 1. The Labute approximate surface area is 112 Å². The molecule has 1 saturated carbocycles. The first kappa shape index (κ1) is 13.8. The third-order valence-electron chi connectivity index (χ3n) is 3.51. The smallest absolute Gasteiger partial charge is 0.242 e. The van der Waals surface area contributed by atoms with Crippen LogP contribution < -0.4 is 10.5 Å². The number of methoxy groups -OCH3 is 1. The van der Waals surface area contributed by atoms with E-state index in [4.69, 9.17) is 10.5 Å². The number of benzene rings is 1. The Bertz CT molecular complexity index is 486. The maximum atomic E-state index is 13.5. The molecule has 4 nitrogen and oxygen atoms in total. The zero-order chi connectivity index (χ0) is 14.0. The molecule has 0 heterocycles. The van der Waals surface area contributed by atoms with Crippen molar-refractivity contribution in [1.29, 1.82) is 0 Å². The molecular weight excluding hydrogens is 247 g/mol. The highest BCUT2D eigenvalue weighted by molar-refractivity contribution is 5.88. The van der Waals surface area contributed by atoms with E-state index < -0.39 is 5.54 Å². The molecule has 2 rings (SSSR count). The molecule has 1 aromatic carbocycles. The van der Waals surface area contributed by atoms with E-state index in [2.05, 4.69) is 0 Å². The van der Waals surface area contributed by atoms with E-state index >= 15 is 0 Å². The minimum Gasteiger partial charge on any atom is -0.494 e. The molecule has 5 heteroatoms. The van der Waals surface area contributed by atoms with Gasteiger partial charge in [0.2, 0.25) is 5.91 Å². The van der Waals surface area contributed by atoms with E-state index in [-0.39, 0.29) is 17.5 Å². The standard InChI is InChI=1S/C14H19FN2O2/c1-17(13(18)14(16)6-7-14)8-5-10-3-4-12(19-2)11(15)9-10/h3-4,9H,5-8,16H2,1-2H3. The lowest BCUT2D eigenvalue weighted by atomic mass is 10.1. The van der Waals surface area contributed by atoms with Gasteiger partial charge in [0.05, 0.1) is 12.6 Å². The van der Waals surface area contributed by atoms with E-state index in [1.807, 2.05) is 0 Å². The van der Waals surface area contributed by atoms with E-state index in [0.29, 0.717) is 13.0 Å². The van der Waals surface area contributed by atoms with Crippen molar-refractivity contribution >= 4 is 5.91 Å². The van der Waals surface area contributed by atoms with Crippen molar-refractivity contribution in [3.63, 3.8) is 0 Å². The summed E-state index contributed by atoms with van der Waals surface area (Å²) in [5.41, 5.74) is 6.05. The van der Waals surface area contributed by atoms with Crippen LogP contribution >= 0.6 is 0 Å². The van der Waals surface area contributed by atoms with E-state index in [0.717, 1.165) is 18.4 Å². The highest BCUT2D eigenvalue weighted by atomic mass is 19.1. The number of halogens is 1. The quantitative estimate of drug-likeness (QED) is 0.874. The molecule has 1 aliphatic carbocycles. The summed E-state index contributed by atoms with van der Waals surface area (Å²) in [6.45, 7) is 0.531. The van der Waals surface area contributed by atoms with Gasteiger partial charge in [-0.25, -0.2) is 4.39 Å². The molecule has 104 valence electrons. The molecule has 0 radical (unpaired) electrons. The first-order valence-electron chi connectivity index (χ1n) is 6.33. The fraction of sp³-hybridized carbons (Fsp3) is 0.500. The SMILES string of the molecule is COc1ccc(CCN(C)C(=O)C2(N)CC2)cc1F. The Morgan fingerprint density at radius 1 is 1.53 bits per heavy atom. The number of ether oxygens (including phenoxy) is 1. The highest BCUT2D eigenvalue weighted by Gasteiger charge is 2.47. The fourth-order valence-corrected chi connectivity index (χ4v) is 1.99. The molecule has 19 heavy (non-hydrogen) atoms. The second kappa shape index (κ2) is 5.17. The summed E-state index contributed by atoms with van der Waals surface area (Å²) in [5.74, 6) is -0.181. The van der Waals surface area contributed by atoms with Crippen LogP contribution in [0.4, 0.5) is 4.39 Å². The van der Waals surface area contributed by atoms with Crippen molar-refractivity contribution in [2.24, 2.45) is 5.73 Å². The zero-order valence-electron chi connectivity index (χ0n) is 11.3. The largest absolute Gasteiger partial charge is 0.494 e. The number of hydrogen-bond donors (Lipinski definition) is 1.